The molecule has 0 saturated heterocycles. The van der Waals surface area contributed by atoms with Gasteiger partial charge in [0.05, 0.1) is 5.02 Å². The van der Waals surface area contributed by atoms with Crippen molar-refractivity contribution in [3.05, 3.63) is 20.8 Å². The molecule has 1 heterocycles. The summed E-state index contributed by atoms with van der Waals surface area (Å²) in [5, 5.41) is 9.46. The highest BCUT2D eigenvalue weighted by Crippen LogP contribution is 2.41. The second-order valence-electron chi connectivity index (χ2n) is 3.61. The molecule has 1 saturated carbocycles. The Bertz CT molecular complexity index is 353. The second kappa shape index (κ2) is 3.91. The molecule has 1 aliphatic carbocycles. The molecule has 0 spiro atoms. The van der Waals surface area contributed by atoms with Gasteiger partial charge in [0.2, 0.25) is 0 Å². The topological polar surface area (TPSA) is 37.3 Å². The Morgan fingerprint density at radius 2 is 2.14 bits per heavy atom. The van der Waals surface area contributed by atoms with Gasteiger partial charge in [-0.25, -0.2) is 4.79 Å². The van der Waals surface area contributed by atoms with Crippen LogP contribution in [0.4, 0.5) is 0 Å². The minimum atomic E-state index is -0.874. The van der Waals surface area contributed by atoms with Crippen molar-refractivity contribution in [2.24, 2.45) is 0 Å². The number of carboxylic acids is 1. The fourth-order valence-electron chi connectivity index (χ4n) is 1.95. The molecule has 0 radical (unpaired) electrons. The summed E-state index contributed by atoms with van der Waals surface area (Å²) in [4.78, 5) is 12.2. The molecule has 1 aliphatic rings. The molecule has 4 heteroatoms. The first-order chi connectivity index (χ1) is 6.68. The van der Waals surface area contributed by atoms with E-state index in [0.29, 0.717) is 15.8 Å². The molecular weight excluding hydrogens is 220 g/mol. The van der Waals surface area contributed by atoms with Crippen LogP contribution in [0.25, 0.3) is 0 Å². The summed E-state index contributed by atoms with van der Waals surface area (Å²) in [6.07, 6.45) is 4.78. The minimum absolute atomic E-state index is 0.358. The van der Waals surface area contributed by atoms with Gasteiger partial charge in [-0.2, -0.15) is 0 Å². The summed E-state index contributed by atoms with van der Waals surface area (Å²) in [6, 6.07) is 1.57. The third-order valence-electron chi connectivity index (χ3n) is 2.65. The molecule has 76 valence electrons. The Labute approximate surface area is 91.5 Å². The number of carboxylic acid groups (broad SMARTS) is 1. The number of rotatable bonds is 2. The smallest absolute Gasteiger partial charge is 0.345 e. The van der Waals surface area contributed by atoms with Crippen LogP contribution in [0.1, 0.15) is 46.2 Å². The third-order valence-corrected chi connectivity index (χ3v) is 4.36. The molecule has 0 amide bonds. The minimum Gasteiger partial charge on any atom is -0.477 e. The molecule has 1 N–H and O–H groups in total. The molecule has 0 aromatic carbocycles. The summed E-state index contributed by atoms with van der Waals surface area (Å²) in [5.74, 6) is -0.373. The van der Waals surface area contributed by atoms with E-state index >= 15 is 0 Å². The summed E-state index contributed by atoms with van der Waals surface area (Å²) in [6.45, 7) is 0. The van der Waals surface area contributed by atoms with Gasteiger partial charge in [-0.1, -0.05) is 24.4 Å². The quantitative estimate of drug-likeness (QED) is 0.840. The van der Waals surface area contributed by atoms with Crippen molar-refractivity contribution in [3.8, 4) is 0 Å². The molecule has 1 fully saturated rings. The first-order valence-corrected chi connectivity index (χ1v) is 5.90. The van der Waals surface area contributed by atoms with Crippen LogP contribution in [0.5, 0.6) is 0 Å². The largest absolute Gasteiger partial charge is 0.477 e. The van der Waals surface area contributed by atoms with Crippen LogP contribution in [0.2, 0.25) is 5.02 Å². The SMILES string of the molecule is O=C(O)c1cc(Cl)c(C2CCCC2)s1. The first-order valence-electron chi connectivity index (χ1n) is 4.71. The summed E-state index contributed by atoms with van der Waals surface area (Å²) >= 11 is 7.35. The number of hydrogen-bond acceptors (Lipinski definition) is 2. The maximum atomic E-state index is 10.7. The van der Waals surface area contributed by atoms with Crippen LogP contribution in [0, 0.1) is 0 Å². The molecule has 0 aliphatic heterocycles. The molecule has 0 unspecified atom stereocenters. The molecule has 0 bridgehead atoms. The lowest BCUT2D eigenvalue weighted by Crippen LogP contribution is -1.90. The van der Waals surface area contributed by atoms with Crippen molar-refractivity contribution in [1.82, 2.24) is 0 Å². The zero-order valence-corrected chi connectivity index (χ0v) is 9.20. The molecule has 2 rings (SSSR count). The number of hydrogen-bond donors (Lipinski definition) is 1. The van der Waals surface area contributed by atoms with E-state index in [1.54, 1.807) is 6.07 Å². The standard InChI is InChI=1S/C10H11ClO2S/c11-7-5-8(10(12)13)14-9(7)6-3-1-2-4-6/h5-6H,1-4H2,(H,12,13). The lowest BCUT2D eigenvalue weighted by atomic mass is 10.1. The number of thiophene rings is 1. The van der Waals surface area contributed by atoms with Gasteiger partial charge in [0.25, 0.3) is 0 Å². The van der Waals surface area contributed by atoms with Gasteiger partial charge < -0.3 is 5.11 Å². The maximum Gasteiger partial charge on any atom is 0.345 e. The fourth-order valence-corrected chi connectivity index (χ4v) is 3.46. The summed E-state index contributed by atoms with van der Waals surface area (Å²) < 4.78 is 0. The molecule has 1 aromatic rings. The van der Waals surface area contributed by atoms with Gasteiger partial charge >= 0.3 is 5.97 Å². The predicted octanol–water partition coefficient (Wildman–Crippen LogP) is 3.76. The lowest BCUT2D eigenvalue weighted by molar-refractivity contribution is 0.0702. The van der Waals surface area contributed by atoms with E-state index in [1.807, 2.05) is 0 Å². The Kier molecular flexibility index (Phi) is 2.79. The molecular formula is C10H11ClO2S. The summed E-state index contributed by atoms with van der Waals surface area (Å²) in [7, 11) is 0. The van der Waals surface area contributed by atoms with E-state index < -0.39 is 5.97 Å². The van der Waals surface area contributed by atoms with Crippen molar-refractivity contribution < 1.29 is 9.90 Å². The highest BCUT2D eigenvalue weighted by molar-refractivity contribution is 7.14. The van der Waals surface area contributed by atoms with Crippen LogP contribution in [0.3, 0.4) is 0 Å². The average Bonchev–Trinajstić information content (AvgIpc) is 2.71. The van der Waals surface area contributed by atoms with Crippen LogP contribution in [0.15, 0.2) is 6.07 Å². The molecule has 2 nitrogen and oxygen atoms in total. The third kappa shape index (κ3) is 1.79. The monoisotopic (exact) mass is 230 g/mol. The van der Waals surface area contributed by atoms with Crippen molar-refractivity contribution in [2.45, 2.75) is 31.6 Å². The second-order valence-corrected chi connectivity index (χ2v) is 5.10. The predicted molar refractivity (Wildman–Crippen MR) is 57.5 cm³/mol. The highest BCUT2D eigenvalue weighted by atomic mass is 35.5. The van der Waals surface area contributed by atoms with Crippen LogP contribution < -0.4 is 0 Å². The average molecular weight is 231 g/mol. The highest BCUT2D eigenvalue weighted by Gasteiger charge is 2.23. The normalized spacial score (nSPS) is 17.5. The lowest BCUT2D eigenvalue weighted by Gasteiger charge is -2.05. The van der Waals surface area contributed by atoms with Gasteiger partial charge in [-0.15, -0.1) is 11.3 Å². The van der Waals surface area contributed by atoms with E-state index in [2.05, 4.69) is 0 Å². The van der Waals surface area contributed by atoms with E-state index in [4.69, 9.17) is 16.7 Å². The zero-order chi connectivity index (χ0) is 10.1. The Balaban J connectivity index is 2.28. The van der Waals surface area contributed by atoms with Crippen LogP contribution >= 0.6 is 22.9 Å². The Hall–Kier alpha value is -0.540. The van der Waals surface area contributed by atoms with Gasteiger partial charge in [0.15, 0.2) is 0 Å². The van der Waals surface area contributed by atoms with Crippen LogP contribution in [-0.2, 0) is 0 Å². The first kappa shape index (κ1) is 9.99. The van der Waals surface area contributed by atoms with Crippen LogP contribution in [-0.4, -0.2) is 11.1 Å². The van der Waals surface area contributed by atoms with Gasteiger partial charge in [-0.3, -0.25) is 0 Å². The number of halogens is 1. The van der Waals surface area contributed by atoms with Crippen molar-refractivity contribution in [1.29, 1.82) is 0 Å². The van der Waals surface area contributed by atoms with E-state index in [0.717, 1.165) is 17.7 Å². The number of carbonyl (C=O) groups is 1. The maximum absolute atomic E-state index is 10.7. The van der Waals surface area contributed by atoms with Crippen molar-refractivity contribution in [2.75, 3.05) is 0 Å². The van der Waals surface area contributed by atoms with E-state index in [1.165, 1.54) is 24.2 Å². The zero-order valence-electron chi connectivity index (χ0n) is 7.62. The fraction of sp³-hybridized carbons (Fsp3) is 0.500. The van der Waals surface area contributed by atoms with Gasteiger partial charge in [-0.05, 0) is 24.8 Å². The molecule has 1 aromatic heterocycles. The molecule has 14 heavy (non-hydrogen) atoms. The van der Waals surface area contributed by atoms with E-state index in [-0.39, 0.29) is 0 Å². The molecule has 0 atom stereocenters. The van der Waals surface area contributed by atoms with Crippen molar-refractivity contribution in [3.63, 3.8) is 0 Å². The summed E-state index contributed by atoms with van der Waals surface area (Å²) in [5.41, 5.74) is 0. The van der Waals surface area contributed by atoms with Gasteiger partial charge in [0, 0.05) is 4.88 Å². The Morgan fingerprint density at radius 3 is 2.64 bits per heavy atom. The van der Waals surface area contributed by atoms with Crippen molar-refractivity contribution >= 4 is 28.9 Å². The van der Waals surface area contributed by atoms with E-state index in [9.17, 15) is 4.79 Å². The number of aromatic carboxylic acids is 1. The Morgan fingerprint density at radius 1 is 1.50 bits per heavy atom. The van der Waals surface area contributed by atoms with Gasteiger partial charge in [0.1, 0.15) is 4.88 Å².